The highest BCUT2D eigenvalue weighted by Crippen LogP contribution is 2.28. The fraction of sp³-hybridized carbons (Fsp3) is 0.611. The molecule has 134 valence electrons. The summed E-state index contributed by atoms with van der Waals surface area (Å²) >= 11 is 0. The van der Waals surface area contributed by atoms with Crippen LogP contribution in [0.1, 0.15) is 24.8 Å². The summed E-state index contributed by atoms with van der Waals surface area (Å²) in [6, 6.07) is 5.76. The highest BCUT2D eigenvalue weighted by molar-refractivity contribution is 5.78. The first kappa shape index (κ1) is 18.5. The van der Waals surface area contributed by atoms with Gasteiger partial charge in [-0.2, -0.15) is 0 Å². The molecule has 1 aliphatic heterocycles. The Hall–Kier alpha value is -1.79. The third-order valence-corrected chi connectivity index (χ3v) is 4.10. The summed E-state index contributed by atoms with van der Waals surface area (Å²) in [5.74, 6) is 1.29. The Balaban J connectivity index is 1.86. The van der Waals surface area contributed by atoms with Crippen LogP contribution in [-0.4, -0.2) is 57.9 Å². The molecule has 0 atom stereocenters. The maximum Gasteiger partial charge on any atom is 0.260 e. The van der Waals surface area contributed by atoms with Crippen LogP contribution in [0, 0.1) is 0 Å². The number of nitrogens with one attached hydrogen (secondary N) is 1. The van der Waals surface area contributed by atoms with Gasteiger partial charge in [-0.3, -0.25) is 4.79 Å². The molecule has 1 N–H and O–H groups in total. The number of benzene rings is 1. The minimum Gasteiger partial charge on any atom is -0.493 e. The normalized spacial score (nSPS) is 14.5. The molecule has 2 rings (SSSR count). The minimum atomic E-state index is 0.0436. The van der Waals surface area contributed by atoms with Crippen LogP contribution in [0.5, 0.6) is 11.5 Å². The van der Waals surface area contributed by atoms with Crippen LogP contribution in [0.25, 0.3) is 0 Å². The zero-order valence-corrected chi connectivity index (χ0v) is 14.7. The van der Waals surface area contributed by atoms with Gasteiger partial charge in [-0.1, -0.05) is 6.07 Å². The number of ether oxygens (including phenoxy) is 3. The first-order chi connectivity index (χ1) is 11.7. The van der Waals surface area contributed by atoms with E-state index in [1.54, 1.807) is 14.2 Å². The molecule has 1 amide bonds. The maximum absolute atomic E-state index is 12.2. The van der Waals surface area contributed by atoms with E-state index in [1.165, 1.54) is 6.42 Å². The topological polar surface area (TPSA) is 60.0 Å². The van der Waals surface area contributed by atoms with Gasteiger partial charge in [0.2, 0.25) is 0 Å². The van der Waals surface area contributed by atoms with Crippen LogP contribution in [0.2, 0.25) is 0 Å². The largest absolute Gasteiger partial charge is 0.493 e. The molecule has 0 aliphatic carbocycles. The van der Waals surface area contributed by atoms with Crippen molar-refractivity contribution in [2.45, 2.75) is 25.8 Å². The molecular weight excluding hydrogens is 308 g/mol. The number of rotatable bonds is 9. The van der Waals surface area contributed by atoms with E-state index in [4.69, 9.17) is 14.2 Å². The summed E-state index contributed by atoms with van der Waals surface area (Å²) in [7, 11) is 3.29. The lowest BCUT2D eigenvalue weighted by Gasteiger charge is -2.26. The van der Waals surface area contributed by atoms with Gasteiger partial charge < -0.3 is 24.4 Å². The molecule has 1 heterocycles. The lowest BCUT2D eigenvalue weighted by molar-refractivity contribution is -0.134. The summed E-state index contributed by atoms with van der Waals surface area (Å²) in [6.07, 6.45) is 3.37. The Kier molecular flexibility index (Phi) is 7.85. The number of carbonyl (C=O) groups is 1. The zero-order chi connectivity index (χ0) is 17.2. The van der Waals surface area contributed by atoms with Crippen LogP contribution in [0.15, 0.2) is 18.2 Å². The number of carbonyl (C=O) groups excluding carboxylic acids is 1. The molecule has 1 saturated heterocycles. The molecule has 0 saturated carbocycles. The predicted octanol–water partition coefficient (Wildman–Crippen LogP) is 1.82. The van der Waals surface area contributed by atoms with Crippen molar-refractivity contribution in [3.63, 3.8) is 0 Å². The molecule has 1 aromatic carbocycles. The van der Waals surface area contributed by atoms with E-state index in [-0.39, 0.29) is 12.5 Å². The van der Waals surface area contributed by atoms with E-state index in [1.807, 2.05) is 23.1 Å². The van der Waals surface area contributed by atoms with Gasteiger partial charge >= 0.3 is 0 Å². The first-order valence-corrected chi connectivity index (χ1v) is 8.51. The van der Waals surface area contributed by atoms with Gasteiger partial charge in [-0.25, -0.2) is 0 Å². The number of methoxy groups -OCH3 is 2. The molecule has 0 bridgehead atoms. The highest BCUT2D eigenvalue weighted by Gasteiger charge is 2.17. The van der Waals surface area contributed by atoms with Gasteiger partial charge in [-0.15, -0.1) is 0 Å². The Labute approximate surface area is 144 Å². The van der Waals surface area contributed by atoms with Crippen molar-refractivity contribution in [3.05, 3.63) is 23.8 Å². The van der Waals surface area contributed by atoms with Crippen LogP contribution < -0.4 is 14.8 Å². The second-order valence-corrected chi connectivity index (χ2v) is 5.88. The van der Waals surface area contributed by atoms with Gasteiger partial charge in [0.1, 0.15) is 0 Å². The Morgan fingerprint density at radius 2 is 1.96 bits per heavy atom. The Bertz CT molecular complexity index is 516. The predicted molar refractivity (Wildman–Crippen MR) is 92.5 cm³/mol. The Morgan fingerprint density at radius 1 is 1.17 bits per heavy atom. The number of likely N-dealkylation sites (tertiary alicyclic amines) is 1. The number of piperidine rings is 1. The quantitative estimate of drug-likeness (QED) is 0.697. The van der Waals surface area contributed by atoms with Crippen molar-refractivity contribution < 1.29 is 19.0 Å². The molecule has 0 radical (unpaired) electrons. The summed E-state index contributed by atoms with van der Waals surface area (Å²) in [5, 5.41) is 3.28. The molecule has 1 aromatic rings. The van der Waals surface area contributed by atoms with E-state index >= 15 is 0 Å². The standard InChI is InChI=1S/C18H28N2O4/c1-22-11-8-19-13-15-6-7-16(17(12-15)23-2)24-14-18(21)20-9-4-3-5-10-20/h6-7,12,19H,3-5,8-11,13-14H2,1-2H3. The molecule has 0 aromatic heterocycles. The summed E-state index contributed by atoms with van der Waals surface area (Å²) in [4.78, 5) is 14.1. The first-order valence-electron chi connectivity index (χ1n) is 8.51. The molecule has 24 heavy (non-hydrogen) atoms. The SMILES string of the molecule is COCCNCc1ccc(OCC(=O)N2CCCCC2)c(OC)c1. The van der Waals surface area contributed by atoms with Crippen molar-refractivity contribution in [3.8, 4) is 11.5 Å². The van der Waals surface area contributed by atoms with E-state index in [0.29, 0.717) is 18.1 Å². The minimum absolute atomic E-state index is 0.0436. The van der Waals surface area contributed by atoms with Crippen LogP contribution in [0.4, 0.5) is 0 Å². The average Bonchev–Trinajstić information content (AvgIpc) is 2.64. The van der Waals surface area contributed by atoms with Gasteiger partial charge in [0.15, 0.2) is 18.1 Å². The molecule has 6 heteroatoms. The number of amides is 1. The van der Waals surface area contributed by atoms with Crippen molar-refractivity contribution in [1.29, 1.82) is 0 Å². The summed E-state index contributed by atoms with van der Waals surface area (Å²) in [5.41, 5.74) is 1.10. The molecular formula is C18H28N2O4. The van der Waals surface area contributed by atoms with Crippen molar-refractivity contribution in [1.82, 2.24) is 10.2 Å². The van der Waals surface area contributed by atoms with Gasteiger partial charge in [0, 0.05) is 33.3 Å². The number of hydrogen-bond acceptors (Lipinski definition) is 5. The monoisotopic (exact) mass is 336 g/mol. The van der Waals surface area contributed by atoms with Crippen LogP contribution in [0.3, 0.4) is 0 Å². The second kappa shape index (κ2) is 10.2. The smallest absolute Gasteiger partial charge is 0.260 e. The lowest BCUT2D eigenvalue weighted by atomic mass is 10.1. The van der Waals surface area contributed by atoms with E-state index in [9.17, 15) is 4.79 Å². The summed E-state index contributed by atoms with van der Waals surface area (Å²) in [6.45, 7) is 3.93. The Morgan fingerprint density at radius 3 is 2.67 bits per heavy atom. The molecule has 0 spiro atoms. The number of nitrogens with zero attached hydrogens (tertiary/aromatic N) is 1. The van der Waals surface area contributed by atoms with Crippen molar-refractivity contribution in [2.75, 3.05) is 47.1 Å². The maximum atomic E-state index is 12.2. The molecule has 6 nitrogen and oxygen atoms in total. The zero-order valence-electron chi connectivity index (χ0n) is 14.7. The van der Waals surface area contributed by atoms with Crippen molar-refractivity contribution >= 4 is 5.91 Å². The van der Waals surface area contributed by atoms with E-state index in [0.717, 1.165) is 44.6 Å². The third kappa shape index (κ3) is 5.69. The highest BCUT2D eigenvalue weighted by atomic mass is 16.5. The molecule has 1 aliphatic rings. The van der Waals surface area contributed by atoms with E-state index in [2.05, 4.69) is 5.32 Å². The van der Waals surface area contributed by atoms with Gasteiger partial charge in [0.05, 0.1) is 13.7 Å². The number of hydrogen-bond donors (Lipinski definition) is 1. The fourth-order valence-corrected chi connectivity index (χ4v) is 2.72. The van der Waals surface area contributed by atoms with Crippen LogP contribution in [-0.2, 0) is 16.1 Å². The average molecular weight is 336 g/mol. The summed E-state index contributed by atoms with van der Waals surface area (Å²) < 4.78 is 16.1. The molecule has 0 unspecified atom stereocenters. The second-order valence-electron chi connectivity index (χ2n) is 5.88. The molecule has 1 fully saturated rings. The van der Waals surface area contributed by atoms with E-state index < -0.39 is 0 Å². The van der Waals surface area contributed by atoms with Crippen molar-refractivity contribution in [2.24, 2.45) is 0 Å². The lowest BCUT2D eigenvalue weighted by Crippen LogP contribution is -2.38. The van der Waals surface area contributed by atoms with Crippen LogP contribution >= 0.6 is 0 Å². The third-order valence-electron chi connectivity index (χ3n) is 4.10. The fourth-order valence-electron chi connectivity index (χ4n) is 2.72. The van der Waals surface area contributed by atoms with Gasteiger partial charge in [0.25, 0.3) is 5.91 Å². The van der Waals surface area contributed by atoms with Gasteiger partial charge in [-0.05, 0) is 37.0 Å².